The molecule has 0 amide bonds. The standard InChI is InChI=1S/C25H21F3O4/c1-16-24(32-16,14-23(29)30)20-9-11-22(12-10-20)31-15-17-3-2-4-19(13-17)18-5-7-21(8-6-18)25(26,27)28/h2-13,16H,14-15H2,1H3,(H,29,30). The van der Waals surface area contributed by atoms with Crippen molar-refractivity contribution in [1.29, 1.82) is 0 Å². The van der Waals surface area contributed by atoms with E-state index in [1.165, 1.54) is 12.1 Å². The summed E-state index contributed by atoms with van der Waals surface area (Å²) in [6.45, 7) is 2.12. The highest BCUT2D eigenvalue weighted by Crippen LogP contribution is 2.49. The maximum Gasteiger partial charge on any atom is 0.416 e. The molecule has 3 aromatic carbocycles. The highest BCUT2D eigenvalue weighted by atomic mass is 19.4. The topological polar surface area (TPSA) is 59.1 Å². The average molecular weight is 442 g/mol. The Kier molecular flexibility index (Phi) is 5.69. The van der Waals surface area contributed by atoms with Crippen LogP contribution >= 0.6 is 0 Å². The Morgan fingerprint density at radius 2 is 1.69 bits per heavy atom. The van der Waals surface area contributed by atoms with Crippen LogP contribution in [0.1, 0.15) is 30.0 Å². The largest absolute Gasteiger partial charge is 0.489 e. The molecule has 2 unspecified atom stereocenters. The summed E-state index contributed by atoms with van der Waals surface area (Å²) in [4.78, 5) is 11.1. The summed E-state index contributed by atoms with van der Waals surface area (Å²) < 4.78 is 49.7. The van der Waals surface area contributed by atoms with E-state index >= 15 is 0 Å². The average Bonchev–Trinajstić information content (AvgIpc) is 3.41. The molecule has 1 N–H and O–H groups in total. The van der Waals surface area contributed by atoms with E-state index in [0.717, 1.165) is 28.8 Å². The summed E-state index contributed by atoms with van der Waals surface area (Å²) in [5, 5.41) is 9.13. The van der Waals surface area contributed by atoms with Gasteiger partial charge in [-0.15, -0.1) is 0 Å². The fourth-order valence-corrected chi connectivity index (χ4v) is 3.79. The number of carbonyl (C=O) groups is 1. The monoisotopic (exact) mass is 442 g/mol. The summed E-state index contributed by atoms with van der Waals surface area (Å²) in [7, 11) is 0. The summed E-state index contributed by atoms with van der Waals surface area (Å²) in [5.74, 6) is -0.296. The second kappa shape index (κ2) is 8.31. The number of halogens is 3. The van der Waals surface area contributed by atoms with Gasteiger partial charge >= 0.3 is 12.1 Å². The Bertz CT molecular complexity index is 1110. The van der Waals surface area contributed by atoms with Crippen molar-refractivity contribution >= 4 is 5.97 Å². The quantitative estimate of drug-likeness (QED) is 0.453. The van der Waals surface area contributed by atoms with E-state index in [9.17, 15) is 18.0 Å². The number of carboxylic acids is 1. The SMILES string of the molecule is CC1OC1(CC(=O)O)c1ccc(OCc2cccc(-c3ccc(C(F)(F)F)cc3)c2)cc1. The molecule has 1 fully saturated rings. The van der Waals surface area contributed by atoms with E-state index < -0.39 is 23.3 Å². The van der Waals surface area contributed by atoms with Gasteiger partial charge in [-0.3, -0.25) is 4.79 Å². The van der Waals surface area contributed by atoms with Crippen molar-refractivity contribution in [3.8, 4) is 16.9 Å². The van der Waals surface area contributed by atoms with E-state index in [4.69, 9.17) is 14.6 Å². The Morgan fingerprint density at radius 3 is 2.25 bits per heavy atom. The normalized spacial score (nSPS) is 20.1. The lowest BCUT2D eigenvalue weighted by atomic mass is 9.92. The summed E-state index contributed by atoms with van der Waals surface area (Å²) in [6.07, 6.45) is -4.61. The van der Waals surface area contributed by atoms with Gasteiger partial charge in [0.05, 0.1) is 18.1 Å². The molecule has 0 radical (unpaired) electrons. The minimum absolute atomic E-state index is 0.0922. The third-order valence-corrected chi connectivity index (χ3v) is 5.62. The van der Waals surface area contributed by atoms with Gasteiger partial charge in [-0.05, 0) is 59.5 Å². The molecule has 4 nitrogen and oxygen atoms in total. The highest BCUT2D eigenvalue weighted by molar-refractivity contribution is 5.69. The first-order valence-electron chi connectivity index (χ1n) is 10.1. The van der Waals surface area contributed by atoms with Crippen molar-refractivity contribution in [2.45, 2.75) is 37.8 Å². The molecule has 1 saturated heterocycles. The molecule has 3 aromatic rings. The molecule has 1 aliphatic heterocycles. The predicted molar refractivity (Wildman–Crippen MR) is 112 cm³/mol. The zero-order chi connectivity index (χ0) is 22.9. The third-order valence-electron chi connectivity index (χ3n) is 5.62. The first kappa shape index (κ1) is 21.9. The molecule has 32 heavy (non-hydrogen) atoms. The van der Waals surface area contributed by atoms with Crippen LogP contribution in [0.25, 0.3) is 11.1 Å². The number of benzene rings is 3. The molecule has 166 valence electrons. The number of ether oxygens (including phenoxy) is 2. The van der Waals surface area contributed by atoms with Crippen molar-refractivity contribution in [1.82, 2.24) is 0 Å². The lowest BCUT2D eigenvalue weighted by Crippen LogP contribution is -2.17. The summed E-state index contributed by atoms with van der Waals surface area (Å²) >= 11 is 0. The van der Waals surface area contributed by atoms with Crippen molar-refractivity contribution in [2.75, 3.05) is 0 Å². The van der Waals surface area contributed by atoms with Crippen LogP contribution in [0.15, 0.2) is 72.8 Å². The molecular formula is C25H21F3O4. The number of carboxylic acid groups (broad SMARTS) is 1. The maximum absolute atomic E-state index is 12.8. The van der Waals surface area contributed by atoms with Gasteiger partial charge in [0.15, 0.2) is 0 Å². The molecule has 0 aliphatic carbocycles. The second-order valence-corrected chi connectivity index (χ2v) is 7.81. The number of rotatable bonds is 7. The van der Waals surface area contributed by atoms with E-state index in [0.29, 0.717) is 11.3 Å². The molecule has 0 spiro atoms. The van der Waals surface area contributed by atoms with Crippen molar-refractivity contribution in [3.63, 3.8) is 0 Å². The van der Waals surface area contributed by atoms with Gasteiger partial charge in [0.25, 0.3) is 0 Å². The van der Waals surface area contributed by atoms with Gasteiger partial charge in [-0.2, -0.15) is 13.2 Å². The van der Waals surface area contributed by atoms with Crippen LogP contribution in [0, 0.1) is 0 Å². The highest BCUT2D eigenvalue weighted by Gasteiger charge is 2.56. The molecule has 1 heterocycles. The Labute approximate surface area is 183 Å². The first-order valence-corrected chi connectivity index (χ1v) is 10.1. The van der Waals surface area contributed by atoms with Gasteiger partial charge in [-0.1, -0.05) is 42.5 Å². The van der Waals surface area contributed by atoms with Gasteiger partial charge in [0.2, 0.25) is 0 Å². The van der Waals surface area contributed by atoms with Crippen LogP contribution in [0.2, 0.25) is 0 Å². The van der Waals surface area contributed by atoms with Crippen LogP contribution < -0.4 is 4.74 Å². The van der Waals surface area contributed by atoms with E-state index in [-0.39, 0.29) is 19.1 Å². The number of alkyl halides is 3. The predicted octanol–water partition coefficient (Wildman–Crippen LogP) is 6.04. The van der Waals surface area contributed by atoms with E-state index in [2.05, 4.69) is 0 Å². The minimum Gasteiger partial charge on any atom is -0.489 e. The van der Waals surface area contributed by atoms with Crippen LogP contribution in [0.5, 0.6) is 5.75 Å². The molecule has 7 heteroatoms. The van der Waals surface area contributed by atoms with Gasteiger partial charge in [0, 0.05) is 0 Å². The lowest BCUT2D eigenvalue weighted by Gasteiger charge is -2.13. The number of epoxide rings is 1. The zero-order valence-corrected chi connectivity index (χ0v) is 17.2. The minimum atomic E-state index is -4.36. The smallest absolute Gasteiger partial charge is 0.416 e. The van der Waals surface area contributed by atoms with Crippen molar-refractivity contribution in [3.05, 3.63) is 89.5 Å². The molecule has 1 aliphatic rings. The fourth-order valence-electron chi connectivity index (χ4n) is 3.79. The van der Waals surface area contributed by atoms with Crippen LogP contribution in [0.4, 0.5) is 13.2 Å². The van der Waals surface area contributed by atoms with E-state index in [1.807, 2.05) is 31.2 Å². The third kappa shape index (κ3) is 4.62. The molecule has 0 saturated carbocycles. The molecule has 4 rings (SSSR count). The number of aliphatic carboxylic acids is 1. The van der Waals surface area contributed by atoms with Crippen molar-refractivity contribution < 1.29 is 32.5 Å². The second-order valence-electron chi connectivity index (χ2n) is 7.81. The summed E-state index contributed by atoms with van der Waals surface area (Å²) in [5.41, 5.74) is 1.69. The Hall–Kier alpha value is -3.32. The van der Waals surface area contributed by atoms with Gasteiger partial charge in [0.1, 0.15) is 18.0 Å². The van der Waals surface area contributed by atoms with Gasteiger partial charge < -0.3 is 14.6 Å². The maximum atomic E-state index is 12.8. The van der Waals surface area contributed by atoms with Crippen molar-refractivity contribution in [2.24, 2.45) is 0 Å². The zero-order valence-electron chi connectivity index (χ0n) is 17.2. The van der Waals surface area contributed by atoms with Gasteiger partial charge in [-0.25, -0.2) is 0 Å². The molecular weight excluding hydrogens is 421 g/mol. The first-order chi connectivity index (χ1) is 15.2. The number of hydrogen-bond acceptors (Lipinski definition) is 3. The molecule has 0 bridgehead atoms. The van der Waals surface area contributed by atoms with Crippen LogP contribution in [-0.2, 0) is 27.9 Å². The molecule has 0 aromatic heterocycles. The Morgan fingerprint density at radius 1 is 1.03 bits per heavy atom. The number of hydrogen-bond donors (Lipinski definition) is 1. The molecule has 2 atom stereocenters. The van der Waals surface area contributed by atoms with E-state index in [1.54, 1.807) is 24.3 Å². The Balaban J connectivity index is 1.42. The van der Waals surface area contributed by atoms with Crippen LogP contribution in [0.3, 0.4) is 0 Å². The lowest BCUT2D eigenvalue weighted by molar-refractivity contribution is -0.139. The fraction of sp³-hybridized carbons (Fsp3) is 0.240. The summed E-state index contributed by atoms with van der Waals surface area (Å²) in [6, 6.07) is 19.6. The van der Waals surface area contributed by atoms with Crippen LogP contribution in [-0.4, -0.2) is 17.2 Å².